The topological polar surface area (TPSA) is 53.8 Å². The molecule has 1 heterocycles. The lowest BCUT2D eigenvalue weighted by Gasteiger charge is -2.23. The Balaban J connectivity index is 1.95. The van der Waals surface area contributed by atoms with Crippen molar-refractivity contribution in [1.29, 1.82) is 0 Å². The molecular formula is C22H24ClNO3. The van der Waals surface area contributed by atoms with Gasteiger partial charge in [0.1, 0.15) is 12.3 Å². The summed E-state index contributed by atoms with van der Waals surface area (Å²) in [7, 11) is 0. The zero-order valence-electron chi connectivity index (χ0n) is 15.7. The van der Waals surface area contributed by atoms with E-state index in [4.69, 9.17) is 16.3 Å². The number of carbonyl (C=O) groups is 1. The predicted octanol–water partition coefficient (Wildman–Crippen LogP) is 3.23. The highest BCUT2D eigenvalue weighted by molar-refractivity contribution is 6.32. The lowest BCUT2D eigenvalue weighted by molar-refractivity contribution is -0.914. The molecule has 27 heavy (non-hydrogen) atoms. The van der Waals surface area contributed by atoms with Crippen molar-refractivity contribution >= 4 is 23.5 Å². The Morgan fingerprint density at radius 1 is 1.11 bits per heavy atom. The molecule has 0 bridgehead atoms. The number of quaternary nitrogens is 1. The number of ketones is 1. The number of benzene rings is 2. The molecule has 0 radical (unpaired) electrons. The van der Waals surface area contributed by atoms with Crippen molar-refractivity contribution in [3.8, 4) is 11.5 Å². The maximum atomic E-state index is 12.8. The molecule has 0 saturated carbocycles. The minimum Gasteiger partial charge on any atom is -0.872 e. The molecule has 0 amide bonds. The molecule has 2 aromatic rings. The lowest BCUT2D eigenvalue weighted by atomic mass is 10.0. The van der Waals surface area contributed by atoms with E-state index in [9.17, 15) is 9.90 Å². The van der Waals surface area contributed by atoms with E-state index in [0.29, 0.717) is 34.0 Å². The largest absolute Gasteiger partial charge is 0.872 e. The maximum absolute atomic E-state index is 12.8. The van der Waals surface area contributed by atoms with Gasteiger partial charge < -0.3 is 14.7 Å². The number of hydrogen-bond acceptors (Lipinski definition) is 3. The highest BCUT2D eigenvalue weighted by Crippen LogP contribution is 2.38. The van der Waals surface area contributed by atoms with Crippen LogP contribution in [-0.4, -0.2) is 18.9 Å². The summed E-state index contributed by atoms with van der Waals surface area (Å²) in [6.07, 6.45) is 3.72. The van der Waals surface area contributed by atoms with Gasteiger partial charge in [-0.15, -0.1) is 0 Å². The van der Waals surface area contributed by atoms with Gasteiger partial charge in [0.2, 0.25) is 5.78 Å². The number of carbonyl (C=O) groups excluding carboxylic acids is 1. The Bertz CT molecular complexity index is 870. The Morgan fingerprint density at radius 3 is 2.48 bits per heavy atom. The third kappa shape index (κ3) is 4.18. The Hall–Kier alpha value is -2.30. The first kappa shape index (κ1) is 19.5. The first-order valence-corrected chi connectivity index (χ1v) is 9.78. The van der Waals surface area contributed by atoms with Gasteiger partial charge in [-0.1, -0.05) is 55.5 Å². The summed E-state index contributed by atoms with van der Waals surface area (Å²) >= 11 is 6.19. The van der Waals surface area contributed by atoms with Gasteiger partial charge in [0.15, 0.2) is 5.76 Å². The van der Waals surface area contributed by atoms with Gasteiger partial charge in [-0.05, 0) is 36.6 Å². The number of fused-ring (bicyclic) bond motifs is 1. The van der Waals surface area contributed by atoms with Crippen LogP contribution in [0.5, 0.6) is 11.5 Å². The van der Waals surface area contributed by atoms with Crippen LogP contribution in [0.1, 0.15) is 48.2 Å². The molecular weight excluding hydrogens is 362 g/mol. The monoisotopic (exact) mass is 385 g/mol. The van der Waals surface area contributed by atoms with Crippen molar-refractivity contribution in [3.05, 3.63) is 63.9 Å². The molecule has 0 saturated heterocycles. The molecule has 0 fully saturated rings. The van der Waals surface area contributed by atoms with Gasteiger partial charge in [0, 0.05) is 10.6 Å². The van der Waals surface area contributed by atoms with Crippen LogP contribution in [0.4, 0.5) is 0 Å². The molecule has 0 spiro atoms. The normalized spacial score (nSPS) is 14.7. The van der Waals surface area contributed by atoms with Crippen molar-refractivity contribution in [2.75, 3.05) is 13.1 Å². The number of rotatable bonds is 7. The second kappa shape index (κ2) is 8.59. The Morgan fingerprint density at radius 2 is 1.81 bits per heavy atom. The van der Waals surface area contributed by atoms with Gasteiger partial charge >= 0.3 is 0 Å². The molecule has 4 nitrogen and oxygen atoms in total. The number of Topliss-reactive ketones (excluding diaryl/α,β-unsaturated/α-hetero) is 1. The van der Waals surface area contributed by atoms with E-state index in [1.807, 2.05) is 18.2 Å². The van der Waals surface area contributed by atoms with E-state index in [1.165, 1.54) is 11.0 Å². The van der Waals surface area contributed by atoms with E-state index in [0.717, 1.165) is 25.9 Å². The van der Waals surface area contributed by atoms with Gasteiger partial charge in [-0.2, -0.15) is 0 Å². The number of allylic oxidation sites excluding steroid dienone is 1. The summed E-state index contributed by atoms with van der Waals surface area (Å²) < 4.78 is 5.89. The van der Waals surface area contributed by atoms with Gasteiger partial charge in [-0.25, -0.2) is 0 Å². The van der Waals surface area contributed by atoms with Crippen molar-refractivity contribution in [1.82, 2.24) is 0 Å². The van der Waals surface area contributed by atoms with Crippen molar-refractivity contribution in [3.63, 3.8) is 0 Å². The minimum atomic E-state index is -0.210. The molecule has 1 N–H and O–H groups in total. The Kier molecular flexibility index (Phi) is 6.19. The molecule has 0 unspecified atom stereocenters. The van der Waals surface area contributed by atoms with Crippen LogP contribution in [0.25, 0.3) is 6.08 Å². The smallest absolute Gasteiger partial charge is 0.231 e. The molecule has 5 heteroatoms. The molecule has 0 atom stereocenters. The molecule has 3 rings (SSSR count). The van der Waals surface area contributed by atoms with Crippen LogP contribution >= 0.6 is 11.6 Å². The average molecular weight is 386 g/mol. The van der Waals surface area contributed by atoms with Crippen LogP contribution in [-0.2, 0) is 6.54 Å². The third-order valence-corrected chi connectivity index (χ3v) is 5.07. The summed E-state index contributed by atoms with van der Waals surface area (Å²) in [6.45, 7) is 6.79. The molecule has 142 valence electrons. The van der Waals surface area contributed by atoms with E-state index in [-0.39, 0.29) is 17.3 Å². The van der Waals surface area contributed by atoms with Crippen LogP contribution in [0, 0.1) is 0 Å². The van der Waals surface area contributed by atoms with Gasteiger partial charge in [0.25, 0.3) is 0 Å². The summed E-state index contributed by atoms with van der Waals surface area (Å²) in [5.41, 5.74) is 1.75. The second-order valence-electron chi connectivity index (χ2n) is 6.81. The van der Waals surface area contributed by atoms with Crippen LogP contribution in [0.3, 0.4) is 0 Å². The number of ether oxygens (including phenoxy) is 1. The quantitative estimate of drug-likeness (QED) is 0.744. The zero-order valence-corrected chi connectivity index (χ0v) is 16.4. The third-order valence-electron chi connectivity index (χ3n) is 4.72. The zero-order chi connectivity index (χ0) is 19.4. The molecule has 2 aromatic carbocycles. The summed E-state index contributed by atoms with van der Waals surface area (Å²) in [5.74, 6) is 0.331. The standard InChI is InChI=1S/C22H24ClNO3/c1-3-11-24(12-4-2)14-17-19(25)10-9-16-21(26)20(27-22(16)17)13-15-7-5-6-8-18(15)23/h5-10,13,25H,3-4,11-12,14H2,1-2H3. The fraction of sp³-hybridized carbons (Fsp3) is 0.318. The summed E-state index contributed by atoms with van der Waals surface area (Å²) in [5, 5.41) is 13.0. The van der Waals surface area contributed by atoms with Crippen LogP contribution in [0.2, 0.25) is 5.02 Å². The minimum absolute atomic E-state index is 0.0785. The Labute approximate surface area is 165 Å². The van der Waals surface area contributed by atoms with Gasteiger partial charge in [-0.3, -0.25) is 4.79 Å². The summed E-state index contributed by atoms with van der Waals surface area (Å²) in [6, 6.07) is 10.3. The average Bonchev–Trinajstić information content (AvgIpc) is 2.96. The molecule has 1 aliphatic rings. The molecule has 0 aromatic heterocycles. The van der Waals surface area contributed by atoms with E-state index < -0.39 is 0 Å². The van der Waals surface area contributed by atoms with E-state index in [2.05, 4.69) is 13.8 Å². The molecule has 1 aliphatic heterocycles. The first-order valence-electron chi connectivity index (χ1n) is 9.40. The number of nitrogens with one attached hydrogen (secondary N) is 1. The van der Waals surface area contributed by atoms with Crippen molar-refractivity contribution in [2.45, 2.75) is 33.2 Å². The highest BCUT2D eigenvalue weighted by Gasteiger charge is 2.31. The first-order chi connectivity index (χ1) is 13.0. The second-order valence-corrected chi connectivity index (χ2v) is 7.21. The maximum Gasteiger partial charge on any atom is 0.231 e. The van der Waals surface area contributed by atoms with E-state index >= 15 is 0 Å². The summed E-state index contributed by atoms with van der Waals surface area (Å²) in [4.78, 5) is 14.1. The van der Waals surface area contributed by atoms with E-state index in [1.54, 1.807) is 18.2 Å². The SMILES string of the molecule is CCC[NH+](CCC)Cc1c([O-])ccc2c1OC(=Cc1ccccc1Cl)C2=O. The van der Waals surface area contributed by atoms with Crippen LogP contribution in [0.15, 0.2) is 42.2 Å². The van der Waals surface area contributed by atoms with Crippen molar-refractivity contribution in [2.24, 2.45) is 0 Å². The predicted molar refractivity (Wildman–Crippen MR) is 105 cm³/mol. The van der Waals surface area contributed by atoms with Crippen molar-refractivity contribution < 1.29 is 19.5 Å². The van der Waals surface area contributed by atoms with Gasteiger partial charge in [0.05, 0.1) is 18.7 Å². The molecule has 0 aliphatic carbocycles. The number of halogens is 1. The lowest BCUT2D eigenvalue weighted by Crippen LogP contribution is -3.10. The number of hydrogen-bond donors (Lipinski definition) is 1. The fourth-order valence-electron chi connectivity index (χ4n) is 3.45. The highest BCUT2D eigenvalue weighted by atomic mass is 35.5. The van der Waals surface area contributed by atoms with Crippen LogP contribution < -0.4 is 14.7 Å². The fourth-order valence-corrected chi connectivity index (χ4v) is 3.64.